The first-order valence-corrected chi connectivity index (χ1v) is 10.5. The third-order valence-corrected chi connectivity index (χ3v) is 6.09. The molecule has 150 valence electrons. The SMILES string of the molecule is C=CCC1(C)CCC(c2ccc(Cl)cc2)N([C@@H](CC)C(O)CC(C)C)C1=O. The molecule has 27 heavy (non-hydrogen) atoms. The van der Waals surface area contributed by atoms with Crippen LogP contribution in [0.25, 0.3) is 0 Å². The highest BCUT2D eigenvalue weighted by Gasteiger charge is 2.47. The summed E-state index contributed by atoms with van der Waals surface area (Å²) in [4.78, 5) is 15.6. The number of hydrogen-bond acceptors (Lipinski definition) is 2. The quantitative estimate of drug-likeness (QED) is 0.571. The molecule has 1 aliphatic rings. The average Bonchev–Trinajstić information content (AvgIpc) is 2.60. The van der Waals surface area contributed by atoms with Gasteiger partial charge in [0.15, 0.2) is 0 Å². The van der Waals surface area contributed by atoms with Crippen molar-refractivity contribution in [2.24, 2.45) is 11.3 Å². The number of piperidine rings is 1. The second-order valence-corrected chi connectivity index (χ2v) is 8.98. The molecule has 0 saturated carbocycles. The van der Waals surface area contributed by atoms with E-state index in [0.29, 0.717) is 23.8 Å². The van der Waals surface area contributed by atoms with Crippen molar-refractivity contribution in [3.05, 3.63) is 47.5 Å². The Morgan fingerprint density at radius 2 is 2.00 bits per heavy atom. The zero-order chi connectivity index (χ0) is 20.2. The van der Waals surface area contributed by atoms with Gasteiger partial charge in [0.1, 0.15) is 0 Å². The number of hydrogen-bond donors (Lipinski definition) is 1. The van der Waals surface area contributed by atoms with Crippen LogP contribution in [0.4, 0.5) is 0 Å². The van der Waals surface area contributed by atoms with Crippen molar-refractivity contribution in [3.8, 4) is 0 Å². The normalized spacial score (nSPS) is 25.5. The highest BCUT2D eigenvalue weighted by molar-refractivity contribution is 6.30. The topological polar surface area (TPSA) is 40.5 Å². The summed E-state index contributed by atoms with van der Waals surface area (Å²) in [6.45, 7) is 12.1. The molecule has 0 aromatic heterocycles. The van der Waals surface area contributed by atoms with E-state index in [1.54, 1.807) is 0 Å². The zero-order valence-corrected chi connectivity index (χ0v) is 17.9. The lowest BCUT2D eigenvalue weighted by Gasteiger charge is -2.49. The van der Waals surface area contributed by atoms with Gasteiger partial charge < -0.3 is 10.0 Å². The number of rotatable bonds is 8. The molecule has 4 heteroatoms. The van der Waals surface area contributed by atoms with E-state index in [-0.39, 0.29) is 18.0 Å². The molecule has 1 saturated heterocycles. The van der Waals surface area contributed by atoms with E-state index in [4.69, 9.17) is 11.6 Å². The second-order valence-electron chi connectivity index (χ2n) is 8.54. The van der Waals surface area contributed by atoms with Crippen LogP contribution in [0.2, 0.25) is 5.02 Å². The molecule has 1 aromatic rings. The van der Waals surface area contributed by atoms with Crippen LogP contribution in [-0.2, 0) is 4.79 Å². The summed E-state index contributed by atoms with van der Waals surface area (Å²) >= 11 is 6.07. The van der Waals surface area contributed by atoms with Crippen LogP contribution in [0, 0.1) is 11.3 Å². The van der Waals surface area contributed by atoms with Crippen molar-refractivity contribution in [2.75, 3.05) is 0 Å². The van der Waals surface area contributed by atoms with Gasteiger partial charge in [0, 0.05) is 5.02 Å². The minimum absolute atomic E-state index is 0.0283. The third kappa shape index (κ3) is 4.94. The summed E-state index contributed by atoms with van der Waals surface area (Å²) in [6, 6.07) is 7.55. The van der Waals surface area contributed by atoms with E-state index in [9.17, 15) is 9.90 Å². The monoisotopic (exact) mass is 391 g/mol. The van der Waals surface area contributed by atoms with E-state index in [2.05, 4.69) is 27.4 Å². The fourth-order valence-corrected chi connectivity index (χ4v) is 4.48. The number of carbonyl (C=O) groups is 1. The Bertz CT molecular complexity index is 642. The van der Waals surface area contributed by atoms with Gasteiger partial charge in [-0.2, -0.15) is 0 Å². The molecule has 1 aliphatic heterocycles. The smallest absolute Gasteiger partial charge is 0.229 e. The maximum Gasteiger partial charge on any atom is 0.229 e. The number of likely N-dealkylation sites (tertiary alicyclic amines) is 1. The van der Waals surface area contributed by atoms with E-state index >= 15 is 0 Å². The summed E-state index contributed by atoms with van der Waals surface area (Å²) in [7, 11) is 0. The van der Waals surface area contributed by atoms with E-state index < -0.39 is 11.5 Å². The Morgan fingerprint density at radius 3 is 2.52 bits per heavy atom. The third-order valence-electron chi connectivity index (χ3n) is 5.84. The largest absolute Gasteiger partial charge is 0.391 e. The van der Waals surface area contributed by atoms with Gasteiger partial charge in [-0.15, -0.1) is 6.58 Å². The highest BCUT2D eigenvalue weighted by Crippen LogP contribution is 2.45. The Morgan fingerprint density at radius 1 is 1.37 bits per heavy atom. The van der Waals surface area contributed by atoms with Crippen LogP contribution >= 0.6 is 11.6 Å². The molecule has 1 amide bonds. The van der Waals surface area contributed by atoms with E-state index in [1.807, 2.05) is 42.2 Å². The Labute approximate surface area is 169 Å². The number of amides is 1. The molecule has 0 spiro atoms. The molecular formula is C23H34ClNO2. The number of allylic oxidation sites excluding steroid dienone is 1. The molecule has 4 atom stereocenters. The van der Waals surface area contributed by atoms with E-state index in [0.717, 1.165) is 24.8 Å². The first-order valence-electron chi connectivity index (χ1n) is 10.1. The maximum absolute atomic E-state index is 13.6. The number of benzene rings is 1. The number of carbonyl (C=O) groups excluding carboxylic acids is 1. The van der Waals surface area contributed by atoms with Crippen molar-refractivity contribution in [1.82, 2.24) is 4.90 Å². The summed E-state index contributed by atoms with van der Waals surface area (Å²) in [5.74, 6) is 0.505. The lowest BCUT2D eigenvalue weighted by molar-refractivity contribution is -0.157. The predicted octanol–water partition coefficient (Wildman–Crippen LogP) is 5.77. The van der Waals surface area contributed by atoms with Crippen LogP contribution < -0.4 is 0 Å². The van der Waals surface area contributed by atoms with Crippen LogP contribution in [-0.4, -0.2) is 28.1 Å². The lowest BCUT2D eigenvalue weighted by atomic mass is 9.73. The number of aliphatic hydroxyl groups excluding tert-OH is 1. The van der Waals surface area contributed by atoms with Crippen molar-refractivity contribution in [1.29, 1.82) is 0 Å². The summed E-state index contributed by atoms with van der Waals surface area (Å²) in [6.07, 6.45) is 5.08. The Kier molecular flexibility index (Phi) is 7.53. The molecule has 2 rings (SSSR count). The number of aliphatic hydroxyl groups is 1. The minimum atomic E-state index is -0.528. The highest BCUT2D eigenvalue weighted by atomic mass is 35.5. The molecule has 3 unspecified atom stereocenters. The molecule has 0 radical (unpaired) electrons. The van der Waals surface area contributed by atoms with Crippen LogP contribution in [0.15, 0.2) is 36.9 Å². The molecule has 1 aromatic carbocycles. The summed E-state index contributed by atoms with van der Waals surface area (Å²) < 4.78 is 0. The second kappa shape index (κ2) is 9.25. The lowest BCUT2D eigenvalue weighted by Crippen LogP contribution is -2.56. The molecule has 0 aliphatic carbocycles. The molecule has 1 heterocycles. The van der Waals surface area contributed by atoms with Gasteiger partial charge in [0.25, 0.3) is 0 Å². The van der Waals surface area contributed by atoms with Crippen LogP contribution in [0.3, 0.4) is 0 Å². The van der Waals surface area contributed by atoms with E-state index in [1.165, 1.54) is 0 Å². The van der Waals surface area contributed by atoms with Crippen molar-refractivity contribution >= 4 is 17.5 Å². The van der Waals surface area contributed by atoms with Gasteiger partial charge in [-0.05, 0) is 55.7 Å². The Hall–Kier alpha value is -1.32. The first kappa shape index (κ1) is 22.0. The van der Waals surface area contributed by atoms with Gasteiger partial charge in [-0.3, -0.25) is 4.79 Å². The van der Waals surface area contributed by atoms with Crippen molar-refractivity contribution < 1.29 is 9.90 Å². The zero-order valence-electron chi connectivity index (χ0n) is 17.1. The van der Waals surface area contributed by atoms with Crippen LogP contribution in [0.1, 0.15) is 71.4 Å². The van der Waals surface area contributed by atoms with Gasteiger partial charge >= 0.3 is 0 Å². The predicted molar refractivity (Wildman–Crippen MR) is 113 cm³/mol. The molecular weight excluding hydrogens is 358 g/mol. The van der Waals surface area contributed by atoms with Gasteiger partial charge in [0.2, 0.25) is 5.91 Å². The first-order chi connectivity index (χ1) is 12.7. The summed E-state index contributed by atoms with van der Waals surface area (Å²) in [5.41, 5.74) is 0.638. The van der Waals surface area contributed by atoms with Crippen molar-refractivity contribution in [3.63, 3.8) is 0 Å². The molecule has 1 fully saturated rings. The maximum atomic E-state index is 13.6. The molecule has 0 bridgehead atoms. The summed E-state index contributed by atoms with van der Waals surface area (Å²) in [5, 5.41) is 11.6. The minimum Gasteiger partial charge on any atom is -0.391 e. The van der Waals surface area contributed by atoms with Gasteiger partial charge in [-0.25, -0.2) is 0 Å². The molecule has 1 N–H and O–H groups in total. The van der Waals surface area contributed by atoms with Gasteiger partial charge in [-0.1, -0.05) is 57.5 Å². The Balaban J connectivity index is 2.44. The standard InChI is InChI=1S/C23H34ClNO2/c1-6-13-23(5)14-12-20(17-8-10-18(24)11-9-17)25(22(23)27)19(7-2)21(26)15-16(3)4/h6,8-11,16,19-21,26H,1,7,12-15H2,2-5H3/t19-,20?,21?,23?/m0/s1. The number of nitrogens with zero attached hydrogens (tertiary/aromatic N) is 1. The fraction of sp³-hybridized carbons (Fsp3) is 0.609. The van der Waals surface area contributed by atoms with Gasteiger partial charge in [0.05, 0.1) is 23.6 Å². The fourth-order valence-electron chi connectivity index (χ4n) is 4.35. The average molecular weight is 392 g/mol. The van der Waals surface area contributed by atoms with Crippen molar-refractivity contribution in [2.45, 2.75) is 78.0 Å². The molecule has 3 nitrogen and oxygen atoms in total. The van der Waals surface area contributed by atoms with Crippen LogP contribution in [0.5, 0.6) is 0 Å². The number of halogens is 1.